The van der Waals surface area contributed by atoms with Crippen molar-refractivity contribution in [3.63, 3.8) is 0 Å². The van der Waals surface area contributed by atoms with E-state index in [4.69, 9.17) is 15.0 Å². The van der Waals surface area contributed by atoms with Crippen LogP contribution in [0.2, 0.25) is 0 Å². The topological polar surface area (TPSA) is 48.5 Å². The first-order valence-corrected chi connectivity index (χ1v) is 19.1. The van der Waals surface area contributed by atoms with E-state index in [-0.39, 0.29) is 5.56 Å². The maximum atomic E-state index is 15.6. The van der Waals surface area contributed by atoms with Gasteiger partial charge in [-0.15, -0.1) is 0 Å². The van der Waals surface area contributed by atoms with Crippen molar-refractivity contribution >= 4 is 43.6 Å². The van der Waals surface area contributed by atoms with Crippen LogP contribution in [0, 0.1) is 11.6 Å². The number of halogens is 2. The largest absolute Gasteiger partial charge is 0.309 e. The molecule has 3 heterocycles. The predicted octanol–water partition coefficient (Wildman–Crippen LogP) is 13.0. The number of nitrogens with zero attached hydrogens (tertiary/aromatic N) is 5. The minimum absolute atomic E-state index is 0.143. The maximum Gasteiger partial charge on any atom is 0.166 e. The van der Waals surface area contributed by atoms with Crippen LogP contribution in [0.15, 0.2) is 188 Å². The van der Waals surface area contributed by atoms with Crippen molar-refractivity contribution in [2.45, 2.75) is 0 Å². The summed E-state index contributed by atoms with van der Waals surface area (Å²) in [4.78, 5) is 15.2. The molecule has 274 valence electrons. The predicted molar refractivity (Wildman–Crippen MR) is 230 cm³/mol. The van der Waals surface area contributed by atoms with Crippen LogP contribution in [0.3, 0.4) is 0 Å². The van der Waals surface area contributed by atoms with E-state index in [9.17, 15) is 4.39 Å². The van der Waals surface area contributed by atoms with Crippen molar-refractivity contribution in [3.05, 3.63) is 200 Å². The normalized spacial score (nSPS) is 11.6. The Morgan fingerprint density at radius 3 is 1.47 bits per heavy atom. The van der Waals surface area contributed by atoms with Gasteiger partial charge in [0.05, 0.1) is 27.8 Å². The maximum absolute atomic E-state index is 15.6. The minimum Gasteiger partial charge on any atom is -0.309 e. The van der Waals surface area contributed by atoms with Gasteiger partial charge in [-0.25, -0.2) is 23.7 Å². The van der Waals surface area contributed by atoms with E-state index < -0.39 is 11.6 Å². The molecule has 0 N–H and O–H groups in total. The molecule has 0 radical (unpaired) electrons. The zero-order chi connectivity index (χ0) is 38.7. The van der Waals surface area contributed by atoms with Crippen molar-refractivity contribution in [2.75, 3.05) is 0 Å². The molecule has 0 spiro atoms. The lowest BCUT2D eigenvalue weighted by Gasteiger charge is -2.17. The Kier molecular flexibility index (Phi) is 7.79. The summed E-state index contributed by atoms with van der Waals surface area (Å²) in [5.41, 5.74) is 8.85. The van der Waals surface area contributed by atoms with E-state index in [2.05, 4.69) is 88.0 Å². The molecule has 0 atom stereocenters. The fraction of sp³-hybridized carbons (Fsp3) is 0. The van der Waals surface area contributed by atoms with Gasteiger partial charge in [-0.2, -0.15) is 0 Å². The highest BCUT2D eigenvalue weighted by atomic mass is 19.2. The van der Waals surface area contributed by atoms with Crippen LogP contribution in [-0.2, 0) is 0 Å². The third-order valence-corrected chi connectivity index (χ3v) is 10.9. The number of hydrogen-bond acceptors (Lipinski definition) is 3. The average Bonchev–Trinajstić information content (AvgIpc) is 3.80. The van der Waals surface area contributed by atoms with E-state index in [0.29, 0.717) is 28.6 Å². The van der Waals surface area contributed by atoms with Gasteiger partial charge in [0, 0.05) is 49.5 Å². The van der Waals surface area contributed by atoms with E-state index >= 15 is 4.39 Å². The Morgan fingerprint density at radius 1 is 0.345 bits per heavy atom. The summed E-state index contributed by atoms with van der Waals surface area (Å²) in [7, 11) is 0. The third kappa shape index (κ3) is 5.39. The molecule has 5 nitrogen and oxygen atoms in total. The zero-order valence-electron chi connectivity index (χ0n) is 30.9. The summed E-state index contributed by atoms with van der Waals surface area (Å²) in [6.45, 7) is 0. The van der Waals surface area contributed by atoms with Crippen molar-refractivity contribution in [2.24, 2.45) is 0 Å². The van der Waals surface area contributed by atoms with Crippen LogP contribution in [-0.4, -0.2) is 24.1 Å². The summed E-state index contributed by atoms with van der Waals surface area (Å²) in [6.07, 6.45) is 0. The number of para-hydroxylation sites is 3. The molecule has 0 amide bonds. The quantitative estimate of drug-likeness (QED) is 0.170. The molecule has 0 bridgehead atoms. The molecule has 0 aliphatic rings. The Hall–Kier alpha value is -7.77. The Morgan fingerprint density at radius 2 is 0.862 bits per heavy atom. The molecular weight excluding hydrogens is 721 g/mol. The highest BCUT2D eigenvalue weighted by Gasteiger charge is 2.22. The summed E-state index contributed by atoms with van der Waals surface area (Å²) < 4.78 is 34.9. The molecule has 0 unspecified atom stereocenters. The second kappa shape index (κ2) is 13.5. The van der Waals surface area contributed by atoms with Gasteiger partial charge in [-0.1, -0.05) is 140 Å². The molecule has 11 aromatic rings. The standard InChI is InChI=1S/C51H31F2N5/c52-42-22-13-21-36(48(42)53)34-26-29-46(41(30-34)51-55-49(32-14-3-1-4-15-32)54-50(56-51)33-16-5-2-6-17-33)58-45-25-12-9-20-39(45)40-28-27-35(31-47(40)58)57-43-23-10-7-18-37(43)38-19-8-11-24-44(38)57/h1-31H. The monoisotopic (exact) mass is 751 g/mol. The van der Waals surface area contributed by atoms with Gasteiger partial charge in [-0.3, -0.25) is 0 Å². The van der Waals surface area contributed by atoms with Crippen molar-refractivity contribution in [1.29, 1.82) is 0 Å². The molecule has 11 rings (SSSR count). The molecule has 0 saturated heterocycles. The lowest BCUT2D eigenvalue weighted by molar-refractivity contribution is 0.511. The minimum atomic E-state index is -0.917. The SMILES string of the molecule is Fc1cccc(-c2ccc(-n3c4ccccc4c4ccc(-n5c6ccccc6c6ccccc65)cc43)c(-c3nc(-c4ccccc4)nc(-c4ccccc4)n3)c2)c1F. The molecule has 3 aromatic heterocycles. The van der Waals surface area contributed by atoms with Gasteiger partial charge in [-0.05, 0) is 54.1 Å². The van der Waals surface area contributed by atoms with Crippen LogP contribution in [0.5, 0.6) is 0 Å². The van der Waals surface area contributed by atoms with Crippen LogP contribution >= 0.6 is 0 Å². The summed E-state index contributed by atoms with van der Waals surface area (Å²) in [5.74, 6) is -0.450. The number of rotatable bonds is 6. The summed E-state index contributed by atoms with van der Waals surface area (Å²) in [6, 6.07) is 61.4. The molecule has 0 saturated carbocycles. The molecule has 8 aromatic carbocycles. The van der Waals surface area contributed by atoms with E-state index in [1.807, 2.05) is 91.0 Å². The smallest absolute Gasteiger partial charge is 0.166 e. The molecule has 0 aliphatic heterocycles. The average molecular weight is 752 g/mol. The van der Waals surface area contributed by atoms with Crippen molar-refractivity contribution in [1.82, 2.24) is 24.1 Å². The summed E-state index contributed by atoms with van der Waals surface area (Å²) >= 11 is 0. The lowest BCUT2D eigenvalue weighted by atomic mass is 10.00. The fourth-order valence-corrected chi connectivity index (χ4v) is 8.29. The van der Waals surface area contributed by atoms with E-state index in [1.54, 1.807) is 6.07 Å². The van der Waals surface area contributed by atoms with Gasteiger partial charge in [0.25, 0.3) is 0 Å². The molecule has 0 aliphatic carbocycles. The van der Waals surface area contributed by atoms with Crippen molar-refractivity contribution < 1.29 is 8.78 Å². The summed E-state index contributed by atoms with van der Waals surface area (Å²) in [5, 5.41) is 4.50. The number of fused-ring (bicyclic) bond motifs is 6. The molecule has 0 fully saturated rings. The van der Waals surface area contributed by atoms with Gasteiger partial charge < -0.3 is 9.13 Å². The highest BCUT2D eigenvalue weighted by molar-refractivity contribution is 6.12. The van der Waals surface area contributed by atoms with Gasteiger partial charge in [0.15, 0.2) is 29.1 Å². The first-order valence-electron chi connectivity index (χ1n) is 19.1. The number of hydrogen-bond donors (Lipinski definition) is 0. The molecule has 58 heavy (non-hydrogen) atoms. The van der Waals surface area contributed by atoms with Gasteiger partial charge in [0.1, 0.15) is 0 Å². The van der Waals surface area contributed by atoms with Crippen molar-refractivity contribution in [3.8, 4) is 56.7 Å². The second-order valence-corrected chi connectivity index (χ2v) is 14.3. The fourth-order valence-electron chi connectivity index (χ4n) is 8.29. The van der Waals surface area contributed by atoms with Gasteiger partial charge >= 0.3 is 0 Å². The van der Waals surface area contributed by atoms with Crippen LogP contribution in [0.25, 0.3) is 100 Å². The lowest BCUT2D eigenvalue weighted by Crippen LogP contribution is -2.04. The van der Waals surface area contributed by atoms with Crippen LogP contribution < -0.4 is 0 Å². The Bertz CT molecular complexity index is 3260. The van der Waals surface area contributed by atoms with E-state index in [0.717, 1.165) is 61.4 Å². The first kappa shape index (κ1) is 33.6. The number of benzene rings is 8. The first-order chi connectivity index (χ1) is 28.6. The molecular formula is C51H31F2N5. The molecule has 7 heteroatoms. The van der Waals surface area contributed by atoms with Gasteiger partial charge in [0.2, 0.25) is 0 Å². The Balaban J connectivity index is 1.23. The second-order valence-electron chi connectivity index (χ2n) is 14.3. The Labute approximate surface area is 331 Å². The third-order valence-electron chi connectivity index (χ3n) is 10.9. The van der Waals surface area contributed by atoms with Crippen LogP contribution in [0.1, 0.15) is 0 Å². The number of aromatic nitrogens is 5. The zero-order valence-corrected chi connectivity index (χ0v) is 30.9. The highest BCUT2D eigenvalue weighted by Crippen LogP contribution is 2.40. The van der Waals surface area contributed by atoms with E-state index in [1.165, 1.54) is 16.8 Å². The van der Waals surface area contributed by atoms with Crippen LogP contribution in [0.4, 0.5) is 8.78 Å².